The maximum Gasteiger partial charge on any atom is 0.0734 e. The third-order valence-electron chi connectivity index (χ3n) is 2.60. The molecule has 0 aliphatic heterocycles. The number of nitrogens with one attached hydrogen (secondary N) is 1. The Bertz CT molecular complexity index is 471. The largest absolute Gasteiger partial charge is 0.271 e. The van der Waals surface area contributed by atoms with E-state index in [4.69, 9.17) is 17.4 Å². The van der Waals surface area contributed by atoms with E-state index in [0.29, 0.717) is 0 Å². The van der Waals surface area contributed by atoms with Crippen molar-refractivity contribution in [3.05, 3.63) is 68.3 Å². The highest BCUT2D eigenvalue weighted by Gasteiger charge is 2.16. The van der Waals surface area contributed by atoms with Crippen LogP contribution < -0.4 is 11.3 Å². The monoisotopic (exact) mass is 358 g/mol. The Balaban J connectivity index is 2.48. The fourth-order valence-electron chi connectivity index (χ4n) is 1.77. The van der Waals surface area contributed by atoms with Gasteiger partial charge in [-0.1, -0.05) is 48.0 Å². The third kappa shape index (κ3) is 2.80. The topological polar surface area (TPSA) is 38.0 Å². The van der Waals surface area contributed by atoms with Crippen molar-refractivity contribution in [1.29, 1.82) is 0 Å². The molecule has 3 N–H and O–H groups in total. The molecule has 4 heteroatoms. The van der Waals surface area contributed by atoms with Gasteiger partial charge in [0.15, 0.2) is 0 Å². The Kier molecular flexibility index (Phi) is 4.39. The van der Waals surface area contributed by atoms with Crippen LogP contribution in [0.5, 0.6) is 0 Å². The van der Waals surface area contributed by atoms with Crippen LogP contribution in [0.25, 0.3) is 0 Å². The number of rotatable bonds is 3. The zero-order valence-electron chi connectivity index (χ0n) is 9.03. The molecule has 0 bridgehead atoms. The highest BCUT2D eigenvalue weighted by molar-refractivity contribution is 14.1. The van der Waals surface area contributed by atoms with E-state index in [9.17, 15) is 0 Å². The van der Waals surface area contributed by atoms with Crippen molar-refractivity contribution in [3.8, 4) is 0 Å². The van der Waals surface area contributed by atoms with Crippen LogP contribution in [0.3, 0.4) is 0 Å². The van der Waals surface area contributed by atoms with E-state index in [1.54, 1.807) is 0 Å². The Morgan fingerprint density at radius 1 is 1.00 bits per heavy atom. The van der Waals surface area contributed by atoms with Gasteiger partial charge in [0.2, 0.25) is 0 Å². The van der Waals surface area contributed by atoms with E-state index in [1.165, 1.54) is 0 Å². The van der Waals surface area contributed by atoms with Crippen LogP contribution in [-0.2, 0) is 0 Å². The summed E-state index contributed by atoms with van der Waals surface area (Å²) in [7, 11) is 0. The molecule has 0 saturated carbocycles. The maximum atomic E-state index is 6.20. The molecule has 0 heterocycles. The molecule has 0 aromatic heterocycles. The minimum atomic E-state index is -0.0863. The summed E-state index contributed by atoms with van der Waals surface area (Å²) in [6, 6.07) is 15.7. The van der Waals surface area contributed by atoms with E-state index >= 15 is 0 Å². The summed E-state index contributed by atoms with van der Waals surface area (Å²) in [6.45, 7) is 0. The van der Waals surface area contributed by atoms with E-state index < -0.39 is 0 Å². The van der Waals surface area contributed by atoms with E-state index in [-0.39, 0.29) is 6.04 Å². The lowest BCUT2D eigenvalue weighted by atomic mass is 9.99. The molecule has 0 spiro atoms. The summed E-state index contributed by atoms with van der Waals surface area (Å²) in [6.07, 6.45) is 0. The number of nitrogens with two attached hydrogens (primary N) is 1. The summed E-state index contributed by atoms with van der Waals surface area (Å²) >= 11 is 8.50. The van der Waals surface area contributed by atoms with Crippen molar-refractivity contribution < 1.29 is 0 Å². The first-order chi connectivity index (χ1) is 8.24. The van der Waals surface area contributed by atoms with Crippen molar-refractivity contribution in [1.82, 2.24) is 5.43 Å². The minimum absolute atomic E-state index is 0.0863. The van der Waals surface area contributed by atoms with Gasteiger partial charge in [0.25, 0.3) is 0 Å². The standard InChI is InChI=1S/C13H12ClIN2/c14-11-7-3-1-5-9(11)13(17-16)10-6-2-4-8-12(10)15/h1-8,13,17H,16H2. The molecule has 0 aliphatic carbocycles. The third-order valence-corrected chi connectivity index (χ3v) is 3.93. The predicted molar refractivity (Wildman–Crippen MR) is 79.8 cm³/mol. The molecule has 0 radical (unpaired) electrons. The Labute approximate surface area is 119 Å². The lowest BCUT2D eigenvalue weighted by Crippen LogP contribution is -2.29. The van der Waals surface area contributed by atoms with Crippen molar-refractivity contribution in [3.63, 3.8) is 0 Å². The van der Waals surface area contributed by atoms with Gasteiger partial charge in [-0.15, -0.1) is 0 Å². The second kappa shape index (κ2) is 5.82. The van der Waals surface area contributed by atoms with Gasteiger partial charge in [-0.25, -0.2) is 5.43 Å². The summed E-state index contributed by atoms with van der Waals surface area (Å²) in [5.74, 6) is 5.66. The van der Waals surface area contributed by atoms with Crippen molar-refractivity contribution in [2.24, 2.45) is 5.84 Å². The van der Waals surface area contributed by atoms with Gasteiger partial charge < -0.3 is 0 Å². The smallest absolute Gasteiger partial charge is 0.0734 e. The van der Waals surface area contributed by atoms with Gasteiger partial charge in [0, 0.05) is 8.59 Å². The van der Waals surface area contributed by atoms with Crippen LogP contribution in [0.2, 0.25) is 5.02 Å². The van der Waals surface area contributed by atoms with Gasteiger partial charge >= 0.3 is 0 Å². The van der Waals surface area contributed by atoms with Crippen LogP contribution in [0, 0.1) is 3.57 Å². The molecule has 1 atom stereocenters. The van der Waals surface area contributed by atoms with Gasteiger partial charge in [-0.3, -0.25) is 5.84 Å². The zero-order valence-corrected chi connectivity index (χ0v) is 11.9. The highest BCUT2D eigenvalue weighted by Crippen LogP contribution is 2.29. The summed E-state index contributed by atoms with van der Waals surface area (Å²) in [5, 5.41) is 0.718. The van der Waals surface area contributed by atoms with Gasteiger partial charge in [0.1, 0.15) is 0 Å². The molecule has 2 aromatic rings. The maximum absolute atomic E-state index is 6.20. The zero-order chi connectivity index (χ0) is 12.3. The molecule has 0 saturated heterocycles. The van der Waals surface area contributed by atoms with E-state index in [2.05, 4.69) is 40.1 Å². The average molecular weight is 359 g/mol. The Morgan fingerprint density at radius 2 is 1.59 bits per heavy atom. The van der Waals surface area contributed by atoms with Gasteiger partial charge in [-0.05, 0) is 45.9 Å². The summed E-state index contributed by atoms with van der Waals surface area (Å²) < 4.78 is 1.16. The van der Waals surface area contributed by atoms with Crippen molar-refractivity contribution >= 4 is 34.2 Å². The minimum Gasteiger partial charge on any atom is -0.271 e. The summed E-state index contributed by atoms with van der Waals surface area (Å²) in [5.41, 5.74) is 4.94. The van der Waals surface area contributed by atoms with Crippen LogP contribution in [0.1, 0.15) is 17.2 Å². The Morgan fingerprint density at radius 3 is 2.18 bits per heavy atom. The quantitative estimate of drug-likeness (QED) is 0.501. The van der Waals surface area contributed by atoms with E-state index in [1.807, 2.05) is 36.4 Å². The van der Waals surface area contributed by atoms with Crippen LogP contribution in [-0.4, -0.2) is 0 Å². The molecule has 88 valence electrons. The second-order valence-electron chi connectivity index (χ2n) is 3.64. The molecule has 17 heavy (non-hydrogen) atoms. The molecular weight excluding hydrogens is 347 g/mol. The van der Waals surface area contributed by atoms with Gasteiger partial charge in [0.05, 0.1) is 6.04 Å². The number of halogens is 2. The molecule has 2 nitrogen and oxygen atoms in total. The fraction of sp³-hybridized carbons (Fsp3) is 0.0769. The lowest BCUT2D eigenvalue weighted by molar-refractivity contribution is 0.634. The van der Waals surface area contributed by atoms with Crippen molar-refractivity contribution in [2.45, 2.75) is 6.04 Å². The first kappa shape index (κ1) is 12.8. The second-order valence-corrected chi connectivity index (χ2v) is 5.21. The molecule has 0 aliphatic rings. The molecule has 2 rings (SSSR count). The number of hydrazine groups is 1. The summed E-state index contributed by atoms with van der Waals surface area (Å²) in [4.78, 5) is 0. The first-order valence-corrected chi connectivity index (χ1v) is 6.64. The average Bonchev–Trinajstić information content (AvgIpc) is 2.34. The normalized spacial score (nSPS) is 12.4. The van der Waals surface area contributed by atoms with Crippen LogP contribution >= 0.6 is 34.2 Å². The predicted octanol–water partition coefficient (Wildman–Crippen LogP) is 3.50. The Hall–Kier alpha value is -0.620. The van der Waals surface area contributed by atoms with Gasteiger partial charge in [-0.2, -0.15) is 0 Å². The van der Waals surface area contributed by atoms with E-state index in [0.717, 1.165) is 19.7 Å². The molecule has 1 unspecified atom stereocenters. The first-order valence-electron chi connectivity index (χ1n) is 5.19. The number of hydrogen-bond acceptors (Lipinski definition) is 2. The number of hydrogen-bond donors (Lipinski definition) is 2. The fourth-order valence-corrected chi connectivity index (χ4v) is 2.71. The number of benzene rings is 2. The molecule has 2 aromatic carbocycles. The van der Waals surface area contributed by atoms with Crippen molar-refractivity contribution in [2.75, 3.05) is 0 Å². The highest BCUT2D eigenvalue weighted by atomic mass is 127. The SMILES string of the molecule is NNC(c1ccccc1Cl)c1ccccc1I. The van der Waals surface area contributed by atoms with Crippen LogP contribution in [0.15, 0.2) is 48.5 Å². The molecule has 0 amide bonds. The molecular formula is C13H12ClIN2. The van der Waals surface area contributed by atoms with Crippen LogP contribution in [0.4, 0.5) is 0 Å². The molecule has 0 fully saturated rings. The lowest BCUT2D eigenvalue weighted by Gasteiger charge is -2.19.